The molecule has 0 bridgehead atoms. The van der Waals surface area contributed by atoms with Gasteiger partial charge < -0.3 is 30.2 Å². The number of anilines is 1. The number of rotatable bonds is 8. The van der Waals surface area contributed by atoms with Crippen LogP contribution in [0.5, 0.6) is 5.75 Å². The number of amides is 1. The Kier molecular flexibility index (Phi) is 8.34. The van der Waals surface area contributed by atoms with Gasteiger partial charge in [0.05, 0.1) is 31.6 Å². The second-order valence-electron chi connectivity index (χ2n) is 7.94. The van der Waals surface area contributed by atoms with Crippen molar-refractivity contribution in [2.75, 3.05) is 38.3 Å². The van der Waals surface area contributed by atoms with Crippen LogP contribution in [0.2, 0.25) is 5.02 Å². The van der Waals surface area contributed by atoms with Crippen LogP contribution in [0.25, 0.3) is 0 Å². The lowest BCUT2D eigenvalue weighted by atomic mass is 10.1. The van der Waals surface area contributed by atoms with Crippen molar-refractivity contribution >= 4 is 40.4 Å². The minimum atomic E-state index is -0.216. The molecule has 3 heterocycles. The number of carbonyl (C=O) groups excluding carboxylic acids is 1. The van der Waals surface area contributed by atoms with Gasteiger partial charge in [-0.2, -0.15) is 0 Å². The molecular weight excluding hydrogens is 476 g/mol. The molecule has 2 aliphatic rings. The summed E-state index contributed by atoms with van der Waals surface area (Å²) in [6, 6.07) is 7.41. The zero-order valence-corrected chi connectivity index (χ0v) is 20.4. The van der Waals surface area contributed by atoms with Crippen molar-refractivity contribution in [2.45, 2.75) is 26.0 Å². The first kappa shape index (κ1) is 24.4. The zero-order chi connectivity index (χ0) is 23.9. The summed E-state index contributed by atoms with van der Waals surface area (Å²) >= 11 is 11.8. The third-order valence-corrected chi connectivity index (χ3v) is 6.32. The Bertz CT molecular complexity index is 1090. The molecule has 1 aromatic heterocycles. The molecule has 1 aromatic carbocycles. The average molecular weight is 503 g/mol. The van der Waals surface area contributed by atoms with E-state index in [1.807, 2.05) is 31.2 Å². The van der Waals surface area contributed by atoms with Crippen molar-refractivity contribution in [3.8, 4) is 5.75 Å². The number of halogens is 1. The maximum absolute atomic E-state index is 12.7. The predicted octanol–water partition coefficient (Wildman–Crippen LogP) is 3.14. The van der Waals surface area contributed by atoms with Gasteiger partial charge in [-0.3, -0.25) is 9.78 Å². The number of hydrogen-bond acceptors (Lipinski definition) is 7. The highest BCUT2D eigenvalue weighted by molar-refractivity contribution is 7.81. The molecule has 1 amide bonds. The van der Waals surface area contributed by atoms with Crippen molar-refractivity contribution < 1.29 is 19.0 Å². The Labute approximate surface area is 209 Å². The second-order valence-corrected chi connectivity index (χ2v) is 8.76. The summed E-state index contributed by atoms with van der Waals surface area (Å²) in [5, 5.41) is 10.1. The van der Waals surface area contributed by atoms with Gasteiger partial charge in [0.1, 0.15) is 23.4 Å². The normalized spacial score (nSPS) is 18.3. The van der Waals surface area contributed by atoms with Gasteiger partial charge in [-0.15, -0.1) is 0 Å². The SMILES string of the molecule is Cc1c(Cl)cccc1NC(=S)C1=C(NCc2ccncc2OCC2COCCO2)CCNC1=O. The van der Waals surface area contributed by atoms with Crippen LogP contribution in [0.3, 0.4) is 0 Å². The molecule has 4 rings (SSSR count). The van der Waals surface area contributed by atoms with Gasteiger partial charge >= 0.3 is 0 Å². The van der Waals surface area contributed by atoms with Gasteiger partial charge in [-0.25, -0.2) is 0 Å². The fraction of sp³-hybridized carbons (Fsp3) is 0.375. The first-order valence-corrected chi connectivity index (χ1v) is 11.9. The largest absolute Gasteiger partial charge is 0.489 e. The lowest BCUT2D eigenvalue weighted by Crippen LogP contribution is -2.39. The summed E-state index contributed by atoms with van der Waals surface area (Å²) in [6.45, 7) is 4.94. The average Bonchev–Trinajstić information content (AvgIpc) is 2.85. The maximum atomic E-state index is 12.7. The Morgan fingerprint density at radius 3 is 3.06 bits per heavy atom. The van der Waals surface area contributed by atoms with Gasteiger partial charge in [0.25, 0.3) is 5.91 Å². The number of aromatic nitrogens is 1. The van der Waals surface area contributed by atoms with Crippen LogP contribution in [-0.2, 0) is 20.8 Å². The molecule has 0 radical (unpaired) electrons. The summed E-state index contributed by atoms with van der Waals surface area (Å²) in [4.78, 5) is 17.2. The summed E-state index contributed by atoms with van der Waals surface area (Å²) in [5.74, 6) is 0.438. The smallest absolute Gasteiger partial charge is 0.256 e. The number of ether oxygens (including phenoxy) is 3. The predicted molar refractivity (Wildman–Crippen MR) is 134 cm³/mol. The van der Waals surface area contributed by atoms with Crippen LogP contribution in [0.15, 0.2) is 47.9 Å². The first-order chi connectivity index (χ1) is 16.5. The molecular formula is C24H27ClN4O4S. The lowest BCUT2D eigenvalue weighted by Gasteiger charge is -2.25. The number of pyridine rings is 1. The van der Waals surface area contributed by atoms with Crippen LogP contribution < -0.4 is 20.7 Å². The second kappa shape index (κ2) is 11.6. The number of nitrogens with one attached hydrogen (secondary N) is 3. The molecule has 0 spiro atoms. The van der Waals surface area contributed by atoms with Crippen LogP contribution in [0.4, 0.5) is 5.69 Å². The molecule has 1 atom stereocenters. The van der Waals surface area contributed by atoms with E-state index in [-0.39, 0.29) is 12.0 Å². The minimum Gasteiger partial charge on any atom is -0.489 e. The maximum Gasteiger partial charge on any atom is 0.256 e. The van der Waals surface area contributed by atoms with E-state index in [0.29, 0.717) is 67.3 Å². The van der Waals surface area contributed by atoms with Crippen molar-refractivity contribution in [1.29, 1.82) is 0 Å². The van der Waals surface area contributed by atoms with Crippen molar-refractivity contribution in [3.63, 3.8) is 0 Å². The topological polar surface area (TPSA) is 93.7 Å². The summed E-state index contributed by atoms with van der Waals surface area (Å²) in [5.41, 5.74) is 3.73. The number of benzene rings is 1. The number of carbonyl (C=O) groups is 1. The van der Waals surface area contributed by atoms with E-state index in [0.717, 1.165) is 22.5 Å². The molecule has 1 saturated heterocycles. The van der Waals surface area contributed by atoms with Gasteiger partial charge in [-0.1, -0.05) is 29.9 Å². The molecule has 2 aromatic rings. The van der Waals surface area contributed by atoms with E-state index in [1.165, 1.54) is 0 Å². The summed E-state index contributed by atoms with van der Waals surface area (Å²) in [7, 11) is 0. The molecule has 0 aliphatic carbocycles. The highest BCUT2D eigenvalue weighted by atomic mass is 35.5. The lowest BCUT2D eigenvalue weighted by molar-refractivity contribution is -0.117. The fourth-order valence-electron chi connectivity index (χ4n) is 3.70. The van der Waals surface area contributed by atoms with Crippen molar-refractivity contribution in [2.24, 2.45) is 0 Å². The Balaban J connectivity index is 1.47. The van der Waals surface area contributed by atoms with Gasteiger partial charge in [0.2, 0.25) is 0 Å². The monoisotopic (exact) mass is 502 g/mol. The quantitative estimate of drug-likeness (QED) is 0.474. The van der Waals surface area contributed by atoms with Crippen molar-refractivity contribution in [1.82, 2.24) is 15.6 Å². The van der Waals surface area contributed by atoms with E-state index in [9.17, 15) is 4.79 Å². The minimum absolute atomic E-state index is 0.107. The highest BCUT2D eigenvalue weighted by Gasteiger charge is 2.25. The van der Waals surface area contributed by atoms with Crippen molar-refractivity contribution in [3.05, 3.63) is 64.1 Å². The molecule has 1 unspecified atom stereocenters. The van der Waals surface area contributed by atoms with Crippen LogP contribution in [0, 0.1) is 6.92 Å². The van der Waals surface area contributed by atoms with Gasteiger partial charge in [0.15, 0.2) is 0 Å². The Hall–Kier alpha value is -2.72. The third kappa shape index (κ3) is 6.04. The van der Waals surface area contributed by atoms with E-state index in [4.69, 9.17) is 38.0 Å². The Morgan fingerprint density at radius 1 is 1.35 bits per heavy atom. The molecule has 0 saturated carbocycles. The van der Waals surface area contributed by atoms with Gasteiger partial charge in [-0.05, 0) is 30.7 Å². The molecule has 180 valence electrons. The molecule has 10 heteroatoms. The van der Waals surface area contributed by atoms with Crippen LogP contribution >= 0.6 is 23.8 Å². The number of hydrogen-bond donors (Lipinski definition) is 3. The molecule has 3 N–H and O–H groups in total. The molecule has 34 heavy (non-hydrogen) atoms. The molecule has 2 aliphatic heterocycles. The fourth-order valence-corrected chi connectivity index (χ4v) is 4.20. The summed E-state index contributed by atoms with van der Waals surface area (Å²) < 4.78 is 17.0. The molecule has 8 nitrogen and oxygen atoms in total. The number of thiocarbonyl (C=S) groups is 1. The highest BCUT2D eigenvalue weighted by Crippen LogP contribution is 2.25. The van der Waals surface area contributed by atoms with E-state index < -0.39 is 0 Å². The van der Waals surface area contributed by atoms with Gasteiger partial charge in [0, 0.05) is 47.7 Å². The summed E-state index contributed by atoms with van der Waals surface area (Å²) in [6.07, 6.45) is 3.91. The van der Waals surface area contributed by atoms with E-state index in [2.05, 4.69) is 20.9 Å². The Morgan fingerprint density at radius 2 is 2.24 bits per heavy atom. The number of nitrogens with zero attached hydrogens (tertiary/aromatic N) is 1. The van der Waals surface area contributed by atoms with E-state index in [1.54, 1.807) is 12.4 Å². The zero-order valence-electron chi connectivity index (χ0n) is 18.9. The van der Waals surface area contributed by atoms with Crippen LogP contribution in [-0.4, -0.2) is 55.0 Å². The molecule has 1 fully saturated rings. The van der Waals surface area contributed by atoms with Crippen LogP contribution in [0.1, 0.15) is 17.5 Å². The third-order valence-electron chi connectivity index (χ3n) is 5.60. The van der Waals surface area contributed by atoms with E-state index >= 15 is 0 Å². The standard InChI is InChI=1S/C24H27ClN4O4S/c1-15-18(25)3-2-4-19(15)29-24(34)22-20(6-8-27-23(22)30)28-11-16-5-7-26-12-21(16)33-14-17-13-31-9-10-32-17/h2-5,7,12,17,28H,6,8-11,13-14H2,1H3,(H,27,30)(H,29,34). The first-order valence-electron chi connectivity index (χ1n) is 11.1.